The molecule has 1 unspecified atom stereocenters. The molecule has 0 bridgehead atoms. The van der Waals surface area contributed by atoms with E-state index in [0.717, 1.165) is 40.9 Å². The smallest absolute Gasteiger partial charge is 0.124 e. The number of rotatable bonds is 5. The molecule has 2 rings (SSSR count). The van der Waals surface area contributed by atoms with Crippen molar-refractivity contribution in [1.29, 1.82) is 0 Å². The predicted molar refractivity (Wildman–Crippen MR) is 78.8 cm³/mol. The molecule has 18 heavy (non-hydrogen) atoms. The molecule has 0 aliphatic carbocycles. The highest BCUT2D eigenvalue weighted by atomic mass is 127. The van der Waals surface area contributed by atoms with Crippen LogP contribution >= 0.6 is 22.6 Å². The molecule has 1 atom stereocenters. The Kier molecular flexibility index (Phi) is 5.00. The molecule has 0 amide bonds. The van der Waals surface area contributed by atoms with Gasteiger partial charge >= 0.3 is 0 Å². The molecule has 1 aliphatic rings. The van der Waals surface area contributed by atoms with Crippen molar-refractivity contribution in [2.75, 3.05) is 13.2 Å². The number of hydrogen-bond donors (Lipinski definition) is 1. The van der Waals surface area contributed by atoms with Crippen molar-refractivity contribution >= 4 is 22.6 Å². The van der Waals surface area contributed by atoms with Crippen molar-refractivity contribution in [3.8, 4) is 0 Å². The number of halogens is 2. The summed E-state index contributed by atoms with van der Waals surface area (Å²) in [5.74, 6) is 0.770. The number of benzene rings is 1. The second kappa shape index (κ2) is 6.52. The van der Waals surface area contributed by atoms with Gasteiger partial charge in [0.2, 0.25) is 0 Å². The molecule has 1 aromatic carbocycles. The van der Waals surface area contributed by atoms with Crippen LogP contribution in [0.2, 0.25) is 0 Å². The van der Waals surface area contributed by atoms with Gasteiger partial charge in [-0.25, -0.2) is 4.39 Å². The Bertz CT molecular complexity index is 447. The molecule has 0 aromatic heterocycles. The monoisotopic (exact) mass is 361 g/mol. The van der Waals surface area contributed by atoms with Crippen LogP contribution in [0.25, 0.3) is 0 Å². The summed E-state index contributed by atoms with van der Waals surface area (Å²) in [7, 11) is 0. The number of nitrogens with one attached hydrogen (secondary N) is 1. The Balaban J connectivity index is 2.26. The van der Waals surface area contributed by atoms with E-state index in [4.69, 9.17) is 4.74 Å². The minimum atomic E-state index is -0.196. The Morgan fingerprint density at radius 3 is 2.94 bits per heavy atom. The lowest BCUT2D eigenvalue weighted by Crippen LogP contribution is -2.25. The third-order valence-corrected chi connectivity index (χ3v) is 3.82. The highest BCUT2D eigenvalue weighted by Crippen LogP contribution is 2.30. The van der Waals surface area contributed by atoms with Crippen LogP contribution in [-0.2, 0) is 4.74 Å². The summed E-state index contributed by atoms with van der Waals surface area (Å²) >= 11 is 2.18. The van der Waals surface area contributed by atoms with Gasteiger partial charge in [-0.15, -0.1) is 0 Å². The summed E-state index contributed by atoms with van der Waals surface area (Å²) in [5.41, 5.74) is 1.08. The van der Waals surface area contributed by atoms with Gasteiger partial charge in [-0.1, -0.05) is 13.0 Å². The zero-order chi connectivity index (χ0) is 13.0. The molecule has 0 fully saturated rings. The maximum Gasteiger partial charge on any atom is 0.124 e. The minimum absolute atomic E-state index is 0.0416. The van der Waals surface area contributed by atoms with Gasteiger partial charge < -0.3 is 10.1 Å². The van der Waals surface area contributed by atoms with Crippen LogP contribution in [0.4, 0.5) is 4.39 Å². The first kappa shape index (κ1) is 13.8. The van der Waals surface area contributed by atoms with Crippen molar-refractivity contribution in [3.63, 3.8) is 0 Å². The lowest BCUT2D eigenvalue weighted by Gasteiger charge is -2.21. The largest absolute Gasteiger partial charge is 0.496 e. The van der Waals surface area contributed by atoms with Crippen molar-refractivity contribution in [1.82, 2.24) is 5.32 Å². The quantitative estimate of drug-likeness (QED) is 0.807. The molecule has 4 heteroatoms. The molecule has 98 valence electrons. The lowest BCUT2D eigenvalue weighted by atomic mass is 10.0. The molecular formula is C14H17FINO. The van der Waals surface area contributed by atoms with Crippen LogP contribution in [-0.4, -0.2) is 13.2 Å². The van der Waals surface area contributed by atoms with Gasteiger partial charge in [-0.3, -0.25) is 0 Å². The van der Waals surface area contributed by atoms with Crippen molar-refractivity contribution in [2.24, 2.45) is 0 Å². The highest BCUT2D eigenvalue weighted by molar-refractivity contribution is 14.1. The van der Waals surface area contributed by atoms with Crippen LogP contribution in [0.3, 0.4) is 0 Å². The van der Waals surface area contributed by atoms with Crippen LogP contribution in [0.5, 0.6) is 0 Å². The Morgan fingerprint density at radius 2 is 2.33 bits per heavy atom. The van der Waals surface area contributed by atoms with Gasteiger partial charge in [-0.2, -0.15) is 0 Å². The van der Waals surface area contributed by atoms with Crippen LogP contribution in [0.15, 0.2) is 30.0 Å². The fourth-order valence-electron chi connectivity index (χ4n) is 2.03. The maximum absolute atomic E-state index is 13.2. The topological polar surface area (TPSA) is 21.3 Å². The van der Waals surface area contributed by atoms with Gasteiger partial charge in [-0.05, 0) is 59.3 Å². The van der Waals surface area contributed by atoms with E-state index < -0.39 is 0 Å². The van der Waals surface area contributed by atoms with Gasteiger partial charge in [0, 0.05) is 9.99 Å². The third-order valence-electron chi connectivity index (χ3n) is 2.89. The van der Waals surface area contributed by atoms with Crippen LogP contribution in [0, 0.1) is 9.39 Å². The third kappa shape index (κ3) is 3.23. The molecule has 0 radical (unpaired) electrons. The van der Waals surface area contributed by atoms with Crippen molar-refractivity contribution in [2.45, 2.75) is 25.8 Å². The summed E-state index contributed by atoms with van der Waals surface area (Å²) in [6.45, 7) is 3.79. The molecule has 0 saturated heterocycles. The molecule has 0 saturated carbocycles. The Hall–Kier alpha value is -0.620. The molecule has 1 aliphatic heterocycles. The number of ether oxygens (including phenoxy) is 1. The van der Waals surface area contributed by atoms with Crippen molar-refractivity contribution < 1.29 is 9.13 Å². The van der Waals surface area contributed by atoms with Gasteiger partial charge in [0.15, 0.2) is 0 Å². The maximum atomic E-state index is 13.2. The van der Waals surface area contributed by atoms with Gasteiger partial charge in [0.05, 0.1) is 12.6 Å². The zero-order valence-corrected chi connectivity index (χ0v) is 12.5. The van der Waals surface area contributed by atoms with E-state index in [1.54, 1.807) is 6.07 Å². The molecule has 2 nitrogen and oxygen atoms in total. The molecule has 0 spiro atoms. The number of hydrogen-bond acceptors (Lipinski definition) is 2. The first-order valence-electron chi connectivity index (χ1n) is 6.23. The summed E-state index contributed by atoms with van der Waals surface area (Å²) < 4.78 is 19.8. The van der Waals surface area contributed by atoms with E-state index in [1.165, 1.54) is 6.07 Å². The van der Waals surface area contributed by atoms with Crippen molar-refractivity contribution in [3.05, 3.63) is 45.0 Å². The Morgan fingerprint density at radius 1 is 1.50 bits per heavy atom. The van der Waals surface area contributed by atoms with E-state index in [9.17, 15) is 4.39 Å². The molecular weight excluding hydrogens is 344 g/mol. The molecule has 1 N–H and O–H groups in total. The normalized spacial score (nSPS) is 16.3. The standard InChI is InChI=1S/C14H17FINO/c1-2-7-17-14(13-4-3-8-18-13)11-6-5-10(15)9-12(11)16/h4-6,9,14,17H,2-3,7-8H2,1H3. The second-order valence-electron chi connectivity index (χ2n) is 4.30. The fourth-order valence-corrected chi connectivity index (χ4v) is 2.81. The summed E-state index contributed by atoms with van der Waals surface area (Å²) in [5, 5.41) is 3.47. The van der Waals surface area contributed by atoms with E-state index >= 15 is 0 Å². The SMILES string of the molecule is CCCNC(C1=CCCO1)c1ccc(F)cc1I. The fraction of sp³-hybridized carbons (Fsp3) is 0.429. The second-order valence-corrected chi connectivity index (χ2v) is 5.46. The first-order chi connectivity index (χ1) is 8.72. The summed E-state index contributed by atoms with van der Waals surface area (Å²) in [6, 6.07) is 4.95. The van der Waals surface area contributed by atoms with E-state index in [-0.39, 0.29) is 11.9 Å². The van der Waals surface area contributed by atoms with Crippen LogP contribution < -0.4 is 5.32 Å². The average Bonchev–Trinajstić information content (AvgIpc) is 2.85. The van der Waals surface area contributed by atoms with E-state index in [0.29, 0.717) is 0 Å². The average molecular weight is 361 g/mol. The molecule has 1 aromatic rings. The highest BCUT2D eigenvalue weighted by Gasteiger charge is 2.22. The minimum Gasteiger partial charge on any atom is -0.496 e. The zero-order valence-electron chi connectivity index (χ0n) is 10.4. The van der Waals surface area contributed by atoms with Gasteiger partial charge in [0.25, 0.3) is 0 Å². The summed E-state index contributed by atoms with van der Waals surface area (Å²) in [6.07, 6.45) is 4.13. The van der Waals surface area contributed by atoms with Crippen LogP contribution in [0.1, 0.15) is 31.4 Å². The van der Waals surface area contributed by atoms with E-state index in [1.807, 2.05) is 6.07 Å². The predicted octanol–water partition coefficient (Wildman–Crippen LogP) is 3.78. The first-order valence-corrected chi connectivity index (χ1v) is 7.31. The summed E-state index contributed by atoms with van der Waals surface area (Å²) in [4.78, 5) is 0. The van der Waals surface area contributed by atoms with E-state index in [2.05, 4.69) is 40.9 Å². The molecule has 1 heterocycles. The Labute approximate surface area is 121 Å². The lowest BCUT2D eigenvalue weighted by molar-refractivity contribution is 0.215. The van der Waals surface area contributed by atoms with Gasteiger partial charge in [0.1, 0.15) is 11.6 Å².